The number of aromatic nitrogens is 2. The highest BCUT2D eigenvalue weighted by Gasteiger charge is 2.13. The fourth-order valence-electron chi connectivity index (χ4n) is 2.22. The van der Waals surface area contributed by atoms with E-state index >= 15 is 0 Å². The molecule has 4 heteroatoms. The van der Waals surface area contributed by atoms with Crippen molar-refractivity contribution >= 4 is 5.82 Å². The lowest BCUT2D eigenvalue weighted by Crippen LogP contribution is -2.02. The highest BCUT2D eigenvalue weighted by atomic mass is 16.5. The van der Waals surface area contributed by atoms with E-state index in [0.717, 1.165) is 40.4 Å². The third-order valence-electron chi connectivity index (χ3n) is 3.03. The molecule has 0 fully saturated rings. The minimum atomic E-state index is 0.490. The minimum Gasteiger partial charge on any atom is -0.496 e. The van der Waals surface area contributed by atoms with Gasteiger partial charge < -0.3 is 10.5 Å². The zero-order valence-corrected chi connectivity index (χ0v) is 11.8. The summed E-state index contributed by atoms with van der Waals surface area (Å²) in [5.74, 6) is 2.05. The lowest BCUT2D eigenvalue weighted by molar-refractivity contribution is 0.415. The summed E-state index contributed by atoms with van der Waals surface area (Å²) in [6.07, 6.45) is 0.755. The molecular formula is C15H19N3O. The van der Waals surface area contributed by atoms with Crippen molar-refractivity contribution in [2.45, 2.75) is 27.2 Å². The Hall–Kier alpha value is -2.10. The van der Waals surface area contributed by atoms with Crippen LogP contribution < -0.4 is 10.5 Å². The SMILES string of the molecule is CCc1nc(N)cc(-c2c(C)cc(C)cc2OC)n1. The molecule has 0 radical (unpaired) electrons. The van der Waals surface area contributed by atoms with Crippen LogP contribution in [0.1, 0.15) is 23.9 Å². The van der Waals surface area contributed by atoms with Crippen LogP contribution in [0, 0.1) is 13.8 Å². The number of hydrogen-bond donors (Lipinski definition) is 1. The number of rotatable bonds is 3. The molecule has 0 atom stereocenters. The molecule has 4 nitrogen and oxygen atoms in total. The average Bonchev–Trinajstić information content (AvgIpc) is 2.36. The van der Waals surface area contributed by atoms with Gasteiger partial charge in [-0.1, -0.05) is 13.0 Å². The maximum Gasteiger partial charge on any atom is 0.131 e. The Balaban J connectivity index is 2.67. The van der Waals surface area contributed by atoms with E-state index in [1.807, 2.05) is 19.9 Å². The van der Waals surface area contributed by atoms with Crippen molar-refractivity contribution < 1.29 is 4.74 Å². The summed E-state index contributed by atoms with van der Waals surface area (Å²) >= 11 is 0. The molecule has 0 aliphatic carbocycles. The highest BCUT2D eigenvalue weighted by molar-refractivity contribution is 5.73. The molecular weight excluding hydrogens is 238 g/mol. The van der Waals surface area contributed by atoms with Gasteiger partial charge in [0.25, 0.3) is 0 Å². The van der Waals surface area contributed by atoms with Crippen molar-refractivity contribution in [2.24, 2.45) is 0 Å². The van der Waals surface area contributed by atoms with E-state index in [0.29, 0.717) is 5.82 Å². The van der Waals surface area contributed by atoms with Gasteiger partial charge in [-0.3, -0.25) is 0 Å². The Labute approximate surface area is 113 Å². The quantitative estimate of drug-likeness (QED) is 0.918. The van der Waals surface area contributed by atoms with Gasteiger partial charge in [0.05, 0.1) is 12.8 Å². The summed E-state index contributed by atoms with van der Waals surface area (Å²) in [4.78, 5) is 8.76. The van der Waals surface area contributed by atoms with Gasteiger partial charge in [0.15, 0.2) is 0 Å². The summed E-state index contributed by atoms with van der Waals surface area (Å²) in [6.45, 7) is 6.11. The van der Waals surface area contributed by atoms with E-state index in [4.69, 9.17) is 10.5 Å². The molecule has 0 saturated carbocycles. The number of methoxy groups -OCH3 is 1. The van der Waals surface area contributed by atoms with Gasteiger partial charge in [0, 0.05) is 18.1 Å². The summed E-state index contributed by atoms with van der Waals surface area (Å²) in [7, 11) is 1.67. The maximum atomic E-state index is 5.85. The average molecular weight is 257 g/mol. The molecule has 100 valence electrons. The molecule has 0 aliphatic rings. The normalized spacial score (nSPS) is 10.5. The second kappa shape index (κ2) is 5.26. The van der Waals surface area contributed by atoms with Crippen LogP contribution in [0.4, 0.5) is 5.82 Å². The zero-order valence-electron chi connectivity index (χ0n) is 11.8. The van der Waals surface area contributed by atoms with Crippen LogP contribution in [0.15, 0.2) is 18.2 Å². The van der Waals surface area contributed by atoms with Crippen LogP contribution in [-0.4, -0.2) is 17.1 Å². The Morgan fingerprint density at radius 3 is 2.53 bits per heavy atom. The van der Waals surface area contributed by atoms with Gasteiger partial charge in [-0.25, -0.2) is 9.97 Å². The summed E-state index contributed by atoms with van der Waals surface area (Å²) in [5, 5.41) is 0. The molecule has 0 bridgehead atoms. The van der Waals surface area contributed by atoms with E-state index in [1.54, 1.807) is 13.2 Å². The maximum absolute atomic E-state index is 5.85. The number of aryl methyl sites for hydroxylation is 3. The second-order valence-corrected chi connectivity index (χ2v) is 4.61. The molecule has 2 aromatic rings. The van der Waals surface area contributed by atoms with Gasteiger partial charge >= 0.3 is 0 Å². The van der Waals surface area contributed by atoms with Gasteiger partial charge in [0.1, 0.15) is 17.4 Å². The number of nitrogen functional groups attached to an aromatic ring is 1. The van der Waals surface area contributed by atoms with Crippen molar-refractivity contribution in [1.82, 2.24) is 9.97 Å². The number of nitrogens with zero attached hydrogens (tertiary/aromatic N) is 2. The molecule has 2 N–H and O–H groups in total. The van der Waals surface area contributed by atoms with Gasteiger partial charge in [-0.2, -0.15) is 0 Å². The molecule has 0 aliphatic heterocycles. The van der Waals surface area contributed by atoms with Crippen molar-refractivity contribution in [1.29, 1.82) is 0 Å². The molecule has 19 heavy (non-hydrogen) atoms. The Morgan fingerprint density at radius 2 is 1.89 bits per heavy atom. The summed E-state index contributed by atoms with van der Waals surface area (Å²) < 4.78 is 5.47. The highest BCUT2D eigenvalue weighted by Crippen LogP contribution is 2.33. The molecule has 1 heterocycles. The minimum absolute atomic E-state index is 0.490. The Kier molecular flexibility index (Phi) is 3.69. The standard InChI is InChI=1S/C15H19N3O/c1-5-14-17-11(8-13(16)18-14)15-10(3)6-9(2)7-12(15)19-4/h6-8H,5H2,1-4H3,(H2,16,17,18). The van der Waals surface area contributed by atoms with Crippen molar-refractivity contribution in [3.05, 3.63) is 35.2 Å². The Morgan fingerprint density at radius 1 is 1.16 bits per heavy atom. The summed E-state index contributed by atoms with van der Waals surface area (Å²) in [6, 6.07) is 5.91. The number of ether oxygens (including phenoxy) is 1. The van der Waals surface area contributed by atoms with Crippen LogP contribution >= 0.6 is 0 Å². The molecule has 0 spiro atoms. The van der Waals surface area contributed by atoms with Crippen LogP contribution in [-0.2, 0) is 6.42 Å². The van der Waals surface area contributed by atoms with Gasteiger partial charge in [-0.05, 0) is 31.0 Å². The molecule has 0 unspecified atom stereocenters. The fraction of sp³-hybridized carbons (Fsp3) is 0.333. The lowest BCUT2D eigenvalue weighted by atomic mass is 10.0. The first-order valence-corrected chi connectivity index (χ1v) is 6.34. The number of nitrogens with two attached hydrogens (primary N) is 1. The zero-order chi connectivity index (χ0) is 14.0. The van der Waals surface area contributed by atoms with E-state index in [9.17, 15) is 0 Å². The summed E-state index contributed by atoms with van der Waals surface area (Å²) in [5.41, 5.74) is 9.94. The number of benzene rings is 1. The Bertz CT molecular complexity index is 609. The van der Waals surface area contributed by atoms with E-state index in [1.165, 1.54) is 0 Å². The number of hydrogen-bond acceptors (Lipinski definition) is 4. The van der Waals surface area contributed by atoms with Crippen LogP contribution in [0.5, 0.6) is 5.75 Å². The van der Waals surface area contributed by atoms with E-state index < -0.39 is 0 Å². The molecule has 2 rings (SSSR count). The van der Waals surface area contributed by atoms with Crippen molar-refractivity contribution in [2.75, 3.05) is 12.8 Å². The van der Waals surface area contributed by atoms with Gasteiger partial charge in [-0.15, -0.1) is 0 Å². The first kappa shape index (κ1) is 13.3. The lowest BCUT2D eigenvalue weighted by Gasteiger charge is -2.13. The van der Waals surface area contributed by atoms with Crippen LogP contribution in [0.2, 0.25) is 0 Å². The van der Waals surface area contributed by atoms with E-state index in [-0.39, 0.29) is 0 Å². The first-order valence-electron chi connectivity index (χ1n) is 6.34. The first-order chi connectivity index (χ1) is 9.05. The third-order valence-corrected chi connectivity index (χ3v) is 3.03. The smallest absolute Gasteiger partial charge is 0.131 e. The van der Waals surface area contributed by atoms with Crippen molar-refractivity contribution in [3.63, 3.8) is 0 Å². The molecule has 1 aromatic carbocycles. The fourth-order valence-corrected chi connectivity index (χ4v) is 2.22. The predicted octanol–water partition coefficient (Wildman–Crippen LogP) is 2.91. The van der Waals surface area contributed by atoms with Crippen LogP contribution in [0.3, 0.4) is 0 Å². The van der Waals surface area contributed by atoms with Gasteiger partial charge in [0.2, 0.25) is 0 Å². The van der Waals surface area contributed by atoms with Crippen LogP contribution in [0.25, 0.3) is 11.3 Å². The third kappa shape index (κ3) is 2.67. The molecule has 0 amide bonds. The monoisotopic (exact) mass is 257 g/mol. The topological polar surface area (TPSA) is 61.0 Å². The predicted molar refractivity (Wildman–Crippen MR) is 77.3 cm³/mol. The number of anilines is 1. The van der Waals surface area contributed by atoms with Crippen molar-refractivity contribution in [3.8, 4) is 17.0 Å². The van der Waals surface area contributed by atoms with E-state index in [2.05, 4.69) is 23.0 Å². The largest absolute Gasteiger partial charge is 0.496 e. The second-order valence-electron chi connectivity index (χ2n) is 4.61. The molecule has 0 saturated heterocycles. The molecule has 1 aromatic heterocycles.